The molecule has 0 unspecified atom stereocenters. The zero-order chi connectivity index (χ0) is 10.1. The van der Waals surface area contributed by atoms with Crippen molar-refractivity contribution in [2.24, 2.45) is 0 Å². The Morgan fingerprint density at radius 3 is 2.57 bits per heavy atom. The second kappa shape index (κ2) is 2.99. The number of nitro groups is 1. The third-order valence-corrected chi connectivity index (χ3v) is 2.11. The van der Waals surface area contributed by atoms with Crippen molar-refractivity contribution in [1.29, 1.82) is 0 Å². The van der Waals surface area contributed by atoms with Crippen LogP contribution in [0.1, 0.15) is 0 Å². The third-order valence-electron chi connectivity index (χ3n) is 2.11. The number of anilines is 1. The monoisotopic (exact) mass is 188 g/mol. The molecule has 70 valence electrons. The molecule has 0 amide bonds. The van der Waals surface area contributed by atoms with E-state index in [1.54, 1.807) is 24.3 Å². The van der Waals surface area contributed by atoms with Gasteiger partial charge in [0.25, 0.3) is 5.69 Å². The number of nitrogens with two attached hydrogens (primary N) is 1. The van der Waals surface area contributed by atoms with E-state index in [9.17, 15) is 10.1 Å². The molecule has 0 bridgehead atoms. The summed E-state index contributed by atoms with van der Waals surface area (Å²) in [7, 11) is 0. The second-order valence-electron chi connectivity index (χ2n) is 2.98. The summed E-state index contributed by atoms with van der Waals surface area (Å²) in [4.78, 5) is 10.3. The number of benzene rings is 2. The van der Waals surface area contributed by atoms with Crippen LogP contribution in [0.25, 0.3) is 10.8 Å². The average molecular weight is 188 g/mol. The normalized spacial score (nSPS) is 10.3. The smallest absolute Gasteiger partial charge is 0.299 e. The zero-order valence-electron chi connectivity index (χ0n) is 7.31. The van der Waals surface area contributed by atoms with Crippen molar-refractivity contribution in [2.75, 3.05) is 5.73 Å². The van der Waals surface area contributed by atoms with E-state index >= 15 is 0 Å². The molecule has 0 spiro atoms. The molecule has 0 radical (unpaired) electrons. The predicted octanol–water partition coefficient (Wildman–Crippen LogP) is 2.33. The minimum absolute atomic E-state index is 0.0110. The van der Waals surface area contributed by atoms with Crippen molar-refractivity contribution in [1.82, 2.24) is 0 Å². The Hall–Kier alpha value is -2.10. The van der Waals surface area contributed by atoms with Gasteiger partial charge in [0.2, 0.25) is 0 Å². The molecule has 2 aromatic carbocycles. The van der Waals surface area contributed by atoms with Crippen LogP contribution in [0.5, 0.6) is 0 Å². The lowest BCUT2D eigenvalue weighted by molar-refractivity contribution is -0.382. The van der Waals surface area contributed by atoms with E-state index in [4.69, 9.17) is 5.73 Å². The fourth-order valence-electron chi connectivity index (χ4n) is 1.48. The first-order valence-electron chi connectivity index (χ1n) is 4.12. The summed E-state index contributed by atoms with van der Waals surface area (Å²) in [6.45, 7) is 0. The summed E-state index contributed by atoms with van der Waals surface area (Å²) >= 11 is 0. The lowest BCUT2D eigenvalue weighted by atomic mass is 10.1. The van der Waals surface area contributed by atoms with Crippen molar-refractivity contribution in [3.8, 4) is 0 Å². The molecule has 4 nitrogen and oxygen atoms in total. The molecule has 0 fully saturated rings. The van der Waals surface area contributed by atoms with E-state index in [2.05, 4.69) is 0 Å². The number of nitrogens with zero attached hydrogens (tertiary/aromatic N) is 1. The molecule has 0 aliphatic rings. The van der Waals surface area contributed by atoms with E-state index in [1.165, 1.54) is 0 Å². The van der Waals surface area contributed by atoms with E-state index < -0.39 is 4.92 Å². The Balaban J connectivity index is 2.90. The van der Waals surface area contributed by atoms with Gasteiger partial charge in [-0.1, -0.05) is 24.3 Å². The standard InChI is InChI=1S/C10H8N2O2/c11-9-6-5-7-3-1-2-4-8(7)10(9)12(13)14/h1-6H,11H2. The molecule has 0 heterocycles. The van der Waals surface area contributed by atoms with Gasteiger partial charge in [0.15, 0.2) is 0 Å². The van der Waals surface area contributed by atoms with Crippen molar-refractivity contribution in [3.05, 3.63) is 46.5 Å². The minimum atomic E-state index is -0.447. The van der Waals surface area contributed by atoms with Gasteiger partial charge < -0.3 is 5.73 Å². The number of nitro benzene ring substituents is 1. The first-order valence-corrected chi connectivity index (χ1v) is 4.12. The van der Waals surface area contributed by atoms with E-state index in [0.717, 1.165) is 5.39 Å². The maximum atomic E-state index is 10.8. The molecule has 0 saturated heterocycles. The minimum Gasteiger partial charge on any atom is -0.393 e. The Labute approximate surface area is 80.1 Å². The molecule has 2 N–H and O–H groups in total. The van der Waals surface area contributed by atoms with Gasteiger partial charge in [0.05, 0.1) is 10.3 Å². The number of nitrogen functional groups attached to an aromatic ring is 1. The Morgan fingerprint density at radius 1 is 1.14 bits per heavy atom. The van der Waals surface area contributed by atoms with Gasteiger partial charge in [-0.3, -0.25) is 10.1 Å². The Morgan fingerprint density at radius 2 is 1.86 bits per heavy atom. The largest absolute Gasteiger partial charge is 0.393 e. The zero-order valence-corrected chi connectivity index (χ0v) is 7.31. The molecule has 0 aliphatic carbocycles. The lowest BCUT2D eigenvalue weighted by Gasteiger charge is -2.01. The summed E-state index contributed by atoms with van der Waals surface area (Å²) in [5.74, 6) is 0. The van der Waals surface area contributed by atoms with Crippen LogP contribution in [0.15, 0.2) is 36.4 Å². The van der Waals surface area contributed by atoms with Crippen molar-refractivity contribution in [3.63, 3.8) is 0 Å². The highest BCUT2D eigenvalue weighted by molar-refractivity contribution is 5.95. The second-order valence-corrected chi connectivity index (χ2v) is 2.98. The first-order chi connectivity index (χ1) is 6.70. The number of rotatable bonds is 1. The third kappa shape index (κ3) is 1.17. The highest BCUT2D eigenvalue weighted by Gasteiger charge is 2.15. The summed E-state index contributed by atoms with van der Waals surface area (Å²) in [5, 5.41) is 12.2. The summed E-state index contributed by atoms with van der Waals surface area (Å²) in [5.41, 5.74) is 5.74. The van der Waals surface area contributed by atoms with Gasteiger partial charge in [0.1, 0.15) is 5.69 Å². The van der Waals surface area contributed by atoms with Crippen LogP contribution in [0.4, 0.5) is 11.4 Å². The van der Waals surface area contributed by atoms with Gasteiger partial charge >= 0.3 is 0 Å². The molecule has 0 atom stereocenters. The fourth-order valence-corrected chi connectivity index (χ4v) is 1.48. The number of hydrogen-bond acceptors (Lipinski definition) is 3. The average Bonchev–Trinajstić information content (AvgIpc) is 2.17. The fraction of sp³-hybridized carbons (Fsp3) is 0. The van der Waals surface area contributed by atoms with Gasteiger partial charge in [-0.15, -0.1) is 0 Å². The molecular weight excluding hydrogens is 180 g/mol. The van der Waals surface area contributed by atoms with Crippen LogP contribution < -0.4 is 5.73 Å². The van der Waals surface area contributed by atoms with Crippen LogP contribution in [-0.4, -0.2) is 4.92 Å². The van der Waals surface area contributed by atoms with Gasteiger partial charge in [-0.25, -0.2) is 0 Å². The summed E-state index contributed by atoms with van der Waals surface area (Å²) in [6.07, 6.45) is 0. The molecule has 14 heavy (non-hydrogen) atoms. The van der Waals surface area contributed by atoms with E-state index in [-0.39, 0.29) is 11.4 Å². The van der Waals surface area contributed by atoms with Crippen molar-refractivity contribution in [2.45, 2.75) is 0 Å². The molecule has 4 heteroatoms. The van der Waals surface area contributed by atoms with E-state index in [1.807, 2.05) is 12.1 Å². The van der Waals surface area contributed by atoms with Crippen molar-refractivity contribution < 1.29 is 4.92 Å². The van der Waals surface area contributed by atoms with Gasteiger partial charge in [-0.05, 0) is 17.5 Å². The maximum Gasteiger partial charge on any atom is 0.299 e. The topological polar surface area (TPSA) is 69.2 Å². The first kappa shape index (κ1) is 8.50. The quantitative estimate of drug-likeness (QED) is 0.424. The summed E-state index contributed by atoms with van der Waals surface area (Å²) < 4.78 is 0. The molecular formula is C10H8N2O2. The SMILES string of the molecule is Nc1ccc2ccccc2c1[N+](=O)[O-]. The maximum absolute atomic E-state index is 10.8. The van der Waals surface area contributed by atoms with Crippen LogP contribution in [0.2, 0.25) is 0 Å². The van der Waals surface area contributed by atoms with Crippen LogP contribution in [0, 0.1) is 10.1 Å². The van der Waals surface area contributed by atoms with Crippen LogP contribution in [-0.2, 0) is 0 Å². The van der Waals surface area contributed by atoms with Crippen LogP contribution >= 0.6 is 0 Å². The lowest BCUT2D eigenvalue weighted by Crippen LogP contribution is -1.96. The highest BCUT2D eigenvalue weighted by Crippen LogP contribution is 2.30. The number of hydrogen-bond donors (Lipinski definition) is 1. The van der Waals surface area contributed by atoms with Gasteiger partial charge in [0, 0.05) is 0 Å². The summed E-state index contributed by atoms with van der Waals surface area (Å²) in [6, 6.07) is 10.4. The molecule has 2 rings (SSSR count). The predicted molar refractivity (Wildman–Crippen MR) is 55.0 cm³/mol. The molecule has 0 aliphatic heterocycles. The highest BCUT2D eigenvalue weighted by atomic mass is 16.6. The Kier molecular flexibility index (Phi) is 1.81. The van der Waals surface area contributed by atoms with Crippen LogP contribution in [0.3, 0.4) is 0 Å². The molecule has 0 saturated carbocycles. The molecule has 2 aromatic rings. The van der Waals surface area contributed by atoms with Gasteiger partial charge in [-0.2, -0.15) is 0 Å². The number of fused-ring (bicyclic) bond motifs is 1. The van der Waals surface area contributed by atoms with E-state index in [0.29, 0.717) is 5.39 Å². The Bertz CT molecular complexity index is 508. The van der Waals surface area contributed by atoms with Crippen molar-refractivity contribution >= 4 is 22.1 Å². The molecule has 0 aromatic heterocycles.